The summed E-state index contributed by atoms with van der Waals surface area (Å²) in [4.78, 5) is 6.34. The quantitative estimate of drug-likeness (QED) is 0.0866. The van der Waals surface area contributed by atoms with Gasteiger partial charge >= 0.3 is 0 Å². The van der Waals surface area contributed by atoms with Gasteiger partial charge in [0.05, 0.1) is 0 Å². The van der Waals surface area contributed by atoms with E-state index in [9.17, 15) is 0 Å². The highest BCUT2D eigenvalue weighted by atomic mass is 127. The highest BCUT2D eigenvalue weighted by molar-refractivity contribution is 14.1. The molecule has 0 aliphatic carbocycles. The zero-order valence-electron chi connectivity index (χ0n) is 15.3. The fraction of sp³-hybridized carbons (Fsp3) is 0.208. The normalized spacial score (nSPS) is 11.6. The maximum Gasteiger partial charge on any atom is 0.212 e. The van der Waals surface area contributed by atoms with Crippen molar-refractivity contribution in [3.63, 3.8) is 0 Å². The standard InChI is InChI=1S/C24H24INO/c25-19-11-4-12-20-26-27-24(21-13-5-1-6-14-21,22-15-7-2-8-16-22)23-17-9-3-10-18-23/h1-3,5-10,13-18,20H,4,11-12,19H2/b26-20+. The molecule has 0 saturated carbocycles. The Morgan fingerprint density at radius 3 is 1.56 bits per heavy atom. The van der Waals surface area contributed by atoms with Crippen LogP contribution in [0.2, 0.25) is 0 Å². The van der Waals surface area contributed by atoms with Crippen LogP contribution in [0.25, 0.3) is 0 Å². The molecule has 2 nitrogen and oxygen atoms in total. The molecule has 0 bridgehead atoms. The lowest BCUT2D eigenvalue weighted by Crippen LogP contribution is -2.31. The van der Waals surface area contributed by atoms with Gasteiger partial charge in [0.15, 0.2) is 0 Å². The van der Waals surface area contributed by atoms with Crippen LogP contribution in [0.4, 0.5) is 0 Å². The van der Waals surface area contributed by atoms with Gasteiger partial charge in [0.25, 0.3) is 0 Å². The minimum atomic E-state index is -0.774. The molecule has 3 aromatic carbocycles. The maximum atomic E-state index is 6.34. The smallest absolute Gasteiger partial charge is 0.212 e. The first-order valence-corrected chi connectivity index (χ1v) is 10.8. The Bertz CT molecular complexity index is 722. The second-order valence-corrected chi connectivity index (χ2v) is 7.42. The van der Waals surface area contributed by atoms with Gasteiger partial charge < -0.3 is 4.84 Å². The van der Waals surface area contributed by atoms with Crippen molar-refractivity contribution < 1.29 is 4.84 Å². The number of unbranched alkanes of at least 4 members (excludes halogenated alkanes) is 2. The maximum absolute atomic E-state index is 6.34. The Morgan fingerprint density at radius 1 is 0.704 bits per heavy atom. The highest BCUT2D eigenvalue weighted by Crippen LogP contribution is 2.40. The van der Waals surface area contributed by atoms with Gasteiger partial charge in [-0.25, -0.2) is 0 Å². The van der Waals surface area contributed by atoms with Crippen LogP contribution in [-0.2, 0) is 10.4 Å². The monoisotopic (exact) mass is 469 g/mol. The molecule has 27 heavy (non-hydrogen) atoms. The van der Waals surface area contributed by atoms with Crippen LogP contribution in [0.15, 0.2) is 96.2 Å². The first kappa shape index (κ1) is 19.6. The third-order valence-electron chi connectivity index (χ3n) is 4.52. The van der Waals surface area contributed by atoms with Gasteiger partial charge in [-0.1, -0.05) is 119 Å². The molecule has 0 saturated heterocycles. The van der Waals surface area contributed by atoms with E-state index in [1.807, 2.05) is 60.8 Å². The van der Waals surface area contributed by atoms with Crippen molar-refractivity contribution in [1.82, 2.24) is 0 Å². The summed E-state index contributed by atoms with van der Waals surface area (Å²) in [5.74, 6) is 0. The second-order valence-electron chi connectivity index (χ2n) is 6.34. The summed E-state index contributed by atoms with van der Waals surface area (Å²) in [6.07, 6.45) is 5.16. The van der Waals surface area contributed by atoms with E-state index in [-0.39, 0.29) is 0 Å². The lowest BCUT2D eigenvalue weighted by Gasteiger charge is -2.33. The molecule has 0 amide bonds. The molecular weight excluding hydrogens is 445 g/mol. The summed E-state index contributed by atoms with van der Waals surface area (Å²) in [5.41, 5.74) is 2.41. The summed E-state index contributed by atoms with van der Waals surface area (Å²) in [6, 6.07) is 31.0. The van der Waals surface area contributed by atoms with Crippen molar-refractivity contribution in [2.75, 3.05) is 4.43 Å². The summed E-state index contributed by atoms with van der Waals surface area (Å²) in [7, 11) is 0. The molecule has 3 aromatic rings. The van der Waals surface area contributed by atoms with E-state index in [2.05, 4.69) is 64.1 Å². The number of alkyl halides is 1. The van der Waals surface area contributed by atoms with Gasteiger partial charge in [-0.2, -0.15) is 0 Å². The lowest BCUT2D eigenvalue weighted by molar-refractivity contribution is 0.0179. The third kappa shape index (κ3) is 4.78. The SMILES string of the molecule is ICCCC/C=N/OC(c1ccccc1)(c1ccccc1)c1ccccc1. The molecule has 138 valence electrons. The largest absolute Gasteiger partial charge is 0.375 e. The third-order valence-corrected chi connectivity index (χ3v) is 5.28. The van der Waals surface area contributed by atoms with Crippen molar-refractivity contribution in [2.45, 2.75) is 24.9 Å². The Kier molecular flexibility index (Phi) is 7.45. The zero-order valence-corrected chi connectivity index (χ0v) is 17.5. The number of halogens is 1. The number of hydrogen-bond acceptors (Lipinski definition) is 2. The van der Waals surface area contributed by atoms with Gasteiger partial charge in [-0.15, -0.1) is 0 Å². The minimum Gasteiger partial charge on any atom is -0.375 e. The first-order valence-electron chi connectivity index (χ1n) is 9.30. The van der Waals surface area contributed by atoms with Crippen molar-refractivity contribution in [1.29, 1.82) is 0 Å². The molecule has 3 heteroatoms. The fourth-order valence-electron chi connectivity index (χ4n) is 3.18. The predicted octanol–water partition coefficient (Wildman–Crippen LogP) is 6.59. The molecule has 0 atom stereocenters. The average molecular weight is 469 g/mol. The van der Waals surface area contributed by atoms with Crippen LogP contribution < -0.4 is 0 Å². The summed E-state index contributed by atoms with van der Waals surface area (Å²) in [5, 5.41) is 4.42. The number of benzene rings is 3. The molecule has 0 heterocycles. The number of hydrogen-bond donors (Lipinski definition) is 0. The Morgan fingerprint density at radius 2 is 1.15 bits per heavy atom. The van der Waals surface area contributed by atoms with Crippen LogP contribution in [0.1, 0.15) is 36.0 Å². The Hall–Kier alpha value is -2.14. The van der Waals surface area contributed by atoms with Crippen LogP contribution in [0, 0.1) is 0 Å². The Balaban J connectivity index is 2.06. The summed E-state index contributed by atoms with van der Waals surface area (Å²) >= 11 is 2.41. The molecular formula is C24H24INO. The molecule has 0 fully saturated rings. The topological polar surface area (TPSA) is 21.6 Å². The van der Waals surface area contributed by atoms with Gasteiger partial charge in [0.2, 0.25) is 5.60 Å². The number of nitrogens with zero attached hydrogens (tertiary/aromatic N) is 1. The number of oxime groups is 1. The highest BCUT2D eigenvalue weighted by Gasteiger charge is 2.39. The molecule has 0 spiro atoms. The molecule has 0 aliphatic heterocycles. The van der Waals surface area contributed by atoms with Gasteiger partial charge in [-0.05, 0) is 23.7 Å². The molecule has 3 rings (SSSR count). The van der Waals surface area contributed by atoms with Crippen LogP contribution in [0.5, 0.6) is 0 Å². The van der Waals surface area contributed by atoms with E-state index < -0.39 is 5.60 Å². The van der Waals surface area contributed by atoms with Crippen LogP contribution >= 0.6 is 22.6 Å². The van der Waals surface area contributed by atoms with E-state index in [1.165, 1.54) is 10.8 Å². The average Bonchev–Trinajstić information content (AvgIpc) is 2.75. The lowest BCUT2D eigenvalue weighted by atomic mass is 9.80. The van der Waals surface area contributed by atoms with Crippen molar-refractivity contribution in [2.24, 2.45) is 5.16 Å². The fourth-order valence-corrected chi connectivity index (χ4v) is 3.72. The summed E-state index contributed by atoms with van der Waals surface area (Å²) in [6.45, 7) is 0. The predicted molar refractivity (Wildman–Crippen MR) is 122 cm³/mol. The van der Waals surface area contributed by atoms with E-state index >= 15 is 0 Å². The van der Waals surface area contributed by atoms with Crippen LogP contribution in [-0.4, -0.2) is 10.6 Å². The van der Waals surface area contributed by atoms with Crippen LogP contribution in [0.3, 0.4) is 0 Å². The van der Waals surface area contributed by atoms with Gasteiger partial charge in [-0.3, -0.25) is 0 Å². The summed E-state index contributed by atoms with van der Waals surface area (Å²) < 4.78 is 1.18. The minimum absolute atomic E-state index is 0.774. The second kappa shape index (κ2) is 10.3. The molecule has 0 aliphatic rings. The number of rotatable bonds is 9. The van der Waals surface area contributed by atoms with E-state index in [0.717, 1.165) is 29.5 Å². The van der Waals surface area contributed by atoms with E-state index in [0.29, 0.717) is 0 Å². The van der Waals surface area contributed by atoms with E-state index in [4.69, 9.17) is 4.84 Å². The van der Waals surface area contributed by atoms with Gasteiger partial charge in [0.1, 0.15) is 0 Å². The Labute approximate surface area is 175 Å². The molecule has 0 radical (unpaired) electrons. The van der Waals surface area contributed by atoms with Crippen molar-refractivity contribution in [3.8, 4) is 0 Å². The van der Waals surface area contributed by atoms with Gasteiger partial charge in [0, 0.05) is 22.9 Å². The van der Waals surface area contributed by atoms with Crippen molar-refractivity contribution in [3.05, 3.63) is 108 Å². The molecule has 0 unspecified atom stereocenters. The molecule has 0 N–H and O–H groups in total. The molecule has 0 aromatic heterocycles. The van der Waals surface area contributed by atoms with E-state index in [1.54, 1.807) is 0 Å². The first-order chi connectivity index (χ1) is 13.4. The zero-order chi connectivity index (χ0) is 18.8. The van der Waals surface area contributed by atoms with Crippen molar-refractivity contribution >= 4 is 28.8 Å².